The van der Waals surface area contributed by atoms with Crippen molar-refractivity contribution >= 4 is 17.8 Å². The van der Waals surface area contributed by atoms with Gasteiger partial charge in [0.15, 0.2) is 5.69 Å². The molecule has 31 heavy (non-hydrogen) atoms. The third kappa shape index (κ3) is 3.34. The van der Waals surface area contributed by atoms with Gasteiger partial charge in [-0.2, -0.15) is 0 Å². The number of anilines is 1. The van der Waals surface area contributed by atoms with E-state index >= 15 is 0 Å². The van der Waals surface area contributed by atoms with Crippen molar-refractivity contribution < 1.29 is 19.4 Å². The van der Waals surface area contributed by atoms with Crippen LogP contribution in [0, 0.1) is 0 Å². The molecule has 8 nitrogen and oxygen atoms in total. The van der Waals surface area contributed by atoms with Gasteiger partial charge in [0, 0.05) is 29.7 Å². The number of amides is 1. The molecule has 156 valence electrons. The molecule has 1 fully saturated rings. The van der Waals surface area contributed by atoms with Gasteiger partial charge >= 0.3 is 5.97 Å². The van der Waals surface area contributed by atoms with Gasteiger partial charge in [0.2, 0.25) is 5.95 Å². The van der Waals surface area contributed by atoms with Crippen LogP contribution in [0.2, 0.25) is 0 Å². The minimum atomic E-state index is -1.59. The summed E-state index contributed by atoms with van der Waals surface area (Å²) in [5.74, 6) is -0.900. The summed E-state index contributed by atoms with van der Waals surface area (Å²) in [6, 6.07) is 13.2. The number of carbonyl (C=O) groups is 2. The quantitative estimate of drug-likeness (QED) is 0.631. The van der Waals surface area contributed by atoms with Crippen LogP contribution in [-0.2, 0) is 15.1 Å². The molecular weight excluding hydrogens is 396 g/mol. The third-order valence-electron chi connectivity index (χ3n) is 6.07. The summed E-state index contributed by atoms with van der Waals surface area (Å²) >= 11 is 0. The highest BCUT2D eigenvalue weighted by molar-refractivity contribution is 5.96. The van der Waals surface area contributed by atoms with Gasteiger partial charge in [0.1, 0.15) is 11.2 Å². The lowest BCUT2D eigenvalue weighted by Crippen LogP contribution is -2.49. The number of nitrogens with zero attached hydrogens (tertiary/aromatic N) is 3. The first-order valence-electron chi connectivity index (χ1n) is 10.1. The molecule has 2 N–H and O–H groups in total. The zero-order valence-corrected chi connectivity index (χ0v) is 16.6. The number of nitrogens with one attached hydrogen (secondary N) is 1. The van der Waals surface area contributed by atoms with E-state index < -0.39 is 23.1 Å². The second-order valence-corrected chi connectivity index (χ2v) is 7.93. The number of benzene rings is 1. The lowest BCUT2D eigenvalue weighted by atomic mass is 9.73. The number of esters is 1. The van der Waals surface area contributed by atoms with Crippen molar-refractivity contribution in [3.05, 3.63) is 72.3 Å². The fourth-order valence-electron chi connectivity index (χ4n) is 4.27. The lowest BCUT2D eigenvalue weighted by molar-refractivity contribution is -0.144. The van der Waals surface area contributed by atoms with Crippen LogP contribution < -0.4 is 5.32 Å². The fraction of sp³-hybridized carbons (Fsp3) is 0.261. The van der Waals surface area contributed by atoms with Crippen LogP contribution in [0.15, 0.2) is 61.1 Å². The second-order valence-electron chi connectivity index (χ2n) is 7.93. The summed E-state index contributed by atoms with van der Waals surface area (Å²) < 4.78 is 5.64. The van der Waals surface area contributed by atoms with E-state index in [-0.39, 0.29) is 18.8 Å². The van der Waals surface area contributed by atoms with E-state index in [9.17, 15) is 14.7 Å². The van der Waals surface area contributed by atoms with Crippen LogP contribution in [-0.4, -0.2) is 37.5 Å². The summed E-state index contributed by atoms with van der Waals surface area (Å²) in [5.41, 5.74) is 0.404. The predicted molar refractivity (Wildman–Crippen MR) is 111 cm³/mol. The summed E-state index contributed by atoms with van der Waals surface area (Å²) in [4.78, 5) is 37.5. The Morgan fingerprint density at radius 3 is 2.35 bits per heavy atom. The van der Waals surface area contributed by atoms with Crippen LogP contribution in [0.1, 0.15) is 41.7 Å². The van der Waals surface area contributed by atoms with E-state index in [1.54, 1.807) is 24.7 Å². The molecule has 1 spiro atoms. The molecule has 2 aliphatic rings. The monoisotopic (exact) mass is 416 g/mol. The molecule has 5 rings (SSSR count). The standard InChI is InChI=1S/C23H20N4O4/c28-19-18-17(7-4-12-24-18)23(31-19)10-8-22(30,9-11-23)20(29)27-21-25-13-16(14-26-21)15-5-2-1-3-6-15/h1-7,12-14,30H,8-11H2,(H,25,26,27,29). The predicted octanol–water partition coefficient (Wildman–Crippen LogP) is 2.85. The van der Waals surface area contributed by atoms with Crippen LogP contribution >= 0.6 is 0 Å². The number of aromatic nitrogens is 3. The highest BCUT2D eigenvalue weighted by Crippen LogP contribution is 2.48. The molecule has 1 saturated carbocycles. The molecule has 0 radical (unpaired) electrons. The van der Waals surface area contributed by atoms with Gasteiger partial charge in [-0.15, -0.1) is 0 Å². The number of hydrogen-bond acceptors (Lipinski definition) is 7. The summed E-state index contributed by atoms with van der Waals surface area (Å²) in [6.45, 7) is 0. The van der Waals surface area contributed by atoms with Crippen molar-refractivity contribution in [2.45, 2.75) is 36.9 Å². The normalized spacial score (nSPS) is 24.5. The molecule has 1 amide bonds. The number of aliphatic hydroxyl groups is 1. The minimum absolute atomic E-state index is 0.125. The Bertz CT molecular complexity index is 1140. The van der Waals surface area contributed by atoms with Crippen molar-refractivity contribution in [1.82, 2.24) is 15.0 Å². The lowest BCUT2D eigenvalue weighted by Gasteiger charge is -2.40. The minimum Gasteiger partial charge on any atom is -0.449 e. The number of ether oxygens (including phenoxy) is 1. The van der Waals surface area contributed by atoms with Crippen LogP contribution in [0.3, 0.4) is 0 Å². The van der Waals surface area contributed by atoms with E-state index in [4.69, 9.17) is 4.74 Å². The molecule has 2 aromatic heterocycles. The number of hydrogen-bond donors (Lipinski definition) is 2. The highest BCUT2D eigenvalue weighted by Gasteiger charge is 2.53. The zero-order chi connectivity index (χ0) is 21.5. The number of pyridine rings is 1. The number of fused-ring (bicyclic) bond motifs is 2. The first kappa shape index (κ1) is 19.3. The largest absolute Gasteiger partial charge is 0.449 e. The van der Waals surface area contributed by atoms with E-state index in [0.717, 1.165) is 16.7 Å². The van der Waals surface area contributed by atoms with E-state index in [2.05, 4.69) is 20.3 Å². The van der Waals surface area contributed by atoms with E-state index in [1.807, 2.05) is 36.4 Å². The Morgan fingerprint density at radius 1 is 0.935 bits per heavy atom. The van der Waals surface area contributed by atoms with Crippen molar-refractivity contribution in [3.8, 4) is 11.1 Å². The van der Waals surface area contributed by atoms with Gasteiger partial charge in [0.25, 0.3) is 5.91 Å². The zero-order valence-electron chi connectivity index (χ0n) is 16.6. The fourth-order valence-corrected chi connectivity index (χ4v) is 4.27. The molecule has 1 aromatic carbocycles. The molecular formula is C23H20N4O4. The smallest absolute Gasteiger partial charge is 0.358 e. The molecule has 0 unspecified atom stereocenters. The second kappa shape index (κ2) is 7.24. The average molecular weight is 416 g/mol. The molecule has 1 aliphatic heterocycles. The Hall–Kier alpha value is -3.65. The van der Waals surface area contributed by atoms with Gasteiger partial charge in [-0.1, -0.05) is 36.4 Å². The van der Waals surface area contributed by atoms with Crippen molar-refractivity contribution in [1.29, 1.82) is 0 Å². The number of rotatable bonds is 3. The summed E-state index contributed by atoms with van der Waals surface area (Å²) in [5, 5.41) is 13.6. The maximum absolute atomic E-state index is 12.8. The van der Waals surface area contributed by atoms with Crippen LogP contribution in [0.4, 0.5) is 5.95 Å². The van der Waals surface area contributed by atoms with E-state index in [0.29, 0.717) is 18.5 Å². The van der Waals surface area contributed by atoms with Crippen molar-refractivity contribution in [2.24, 2.45) is 0 Å². The van der Waals surface area contributed by atoms with Crippen molar-refractivity contribution in [2.75, 3.05) is 5.32 Å². The molecule has 1 aliphatic carbocycles. The molecule has 3 heterocycles. The maximum Gasteiger partial charge on any atom is 0.358 e. The van der Waals surface area contributed by atoms with Crippen LogP contribution in [0.25, 0.3) is 11.1 Å². The first-order chi connectivity index (χ1) is 15.0. The molecule has 8 heteroatoms. The first-order valence-corrected chi connectivity index (χ1v) is 10.1. The van der Waals surface area contributed by atoms with Crippen LogP contribution in [0.5, 0.6) is 0 Å². The molecule has 0 saturated heterocycles. The Kier molecular flexibility index (Phi) is 4.51. The highest BCUT2D eigenvalue weighted by atomic mass is 16.6. The number of carbonyl (C=O) groups excluding carboxylic acids is 2. The van der Waals surface area contributed by atoms with Gasteiger partial charge < -0.3 is 9.84 Å². The SMILES string of the molecule is O=C1OC2(CCC(O)(C(=O)Nc3ncc(-c4ccccc4)cn3)CC2)c2cccnc21. The van der Waals surface area contributed by atoms with Gasteiger partial charge in [0.05, 0.1) is 0 Å². The maximum atomic E-state index is 12.8. The Labute approximate surface area is 178 Å². The topological polar surface area (TPSA) is 114 Å². The average Bonchev–Trinajstić information content (AvgIpc) is 3.09. The molecule has 0 atom stereocenters. The third-order valence-corrected chi connectivity index (χ3v) is 6.07. The van der Waals surface area contributed by atoms with Gasteiger partial charge in [-0.3, -0.25) is 10.1 Å². The Morgan fingerprint density at radius 2 is 1.65 bits per heavy atom. The van der Waals surface area contributed by atoms with Gasteiger partial charge in [-0.05, 0) is 37.3 Å². The molecule has 0 bridgehead atoms. The van der Waals surface area contributed by atoms with Gasteiger partial charge in [-0.25, -0.2) is 19.7 Å². The van der Waals surface area contributed by atoms with E-state index in [1.165, 1.54) is 0 Å². The summed E-state index contributed by atoms with van der Waals surface area (Å²) in [6.07, 6.45) is 5.74. The Balaban J connectivity index is 1.28. The molecule has 3 aromatic rings. The summed E-state index contributed by atoms with van der Waals surface area (Å²) in [7, 11) is 0. The van der Waals surface area contributed by atoms with Crippen molar-refractivity contribution in [3.63, 3.8) is 0 Å².